The molecule has 0 aliphatic heterocycles. The second-order valence-electron chi connectivity index (χ2n) is 4.43. The van der Waals surface area contributed by atoms with E-state index in [4.69, 9.17) is 4.52 Å². The number of carbonyl (C=O) groups excluding carboxylic acids is 1. The second kappa shape index (κ2) is 6.83. The van der Waals surface area contributed by atoms with Crippen molar-refractivity contribution in [2.75, 3.05) is 18.4 Å². The third-order valence-electron chi connectivity index (χ3n) is 2.82. The first-order valence-electron chi connectivity index (χ1n) is 6.71. The van der Waals surface area contributed by atoms with Crippen molar-refractivity contribution < 1.29 is 13.7 Å². The molecule has 0 aliphatic rings. The third-order valence-corrected chi connectivity index (χ3v) is 2.82. The zero-order valence-electron chi connectivity index (χ0n) is 11.9. The first-order valence-corrected chi connectivity index (χ1v) is 6.71. The summed E-state index contributed by atoms with van der Waals surface area (Å²) in [6.07, 6.45) is 0.453. The van der Waals surface area contributed by atoms with Crippen molar-refractivity contribution in [3.05, 3.63) is 41.3 Å². The fraction of sp³-hybridized carbons (Fsp3) is 0.357. The van der Waals surface area contributed by atoms with Crippen LogP contribution in [0.3, 0.4) is 0 Å². The molecule has 0 spiro atoms. The van der Waals surface area contributed by atoms with E-state index in [0.29, 0.717) is 31.2 Å². The van der Waals surface area contributed by atoms with Crippen molar-refractivity contribution in [1.82, 2.24) is 15.5 Å². The van der Waals surface area contributed by atoms with Crippen LogP contribution >= 0.6 is 0 Å². The number of hydrogen-bond donors (Lipinski definition) is 2. The molecule has 2 N–H and O–H groups in total. The molecule has 0 bridgehead atoms. The Balaban J connectivity index is 1.98. The smallest absolute Gasteiger partial charge is 0.253 e. The Morgan fingerprint density at radius 3 is 2.90 bits per heavy atom. The minimum absolute atomic E-state index is 0.216. The number of benzene rings is 1. The number of nitrogens with zero attached hydrogens (tertiary/aromatic N) is 2. The molecule has 7 heteroatoms. The van der Waals surface area contributed by atoms with Gasteiger partial charge in [0, 0.05) is 26.4 Å². The van der Waals surface area contributed by atoms with Gasteiger partial charge in [-0.2, -0.15) is 4.98 Å². The second-order valence-corrected chi connectivity index (χ2v) is 4.43. The Kier molecular flexibility index (Phi) is 4.86. The number of carbonyl (C=O) groups is 1. The maximum atomic E-state index is 13.7. The molecule has 0 fully saturated rings. The van der Waals surface area contributed by atoms with Gasteiger partial charge in [0.2, 0.25) is 5.89 Å². The molecule has 1 amide bonds. The molecule has 1 aromatic heterocycles. The Morgan fingerprint density at radius 2 is 2.24 bits per heavy atom. The van der Waals surface area contributed by atoms with Crippen LogP contribution in [0.2, 0.25) is 0 Å². The number of aromatic nitrogens is 2. The van der Waals surface area contributed by atoms with Crippen LogP contribution in [0, 0.1) is 12.7 Å². The van der Waals surface area contributed by atoms with Gasteiger partial charge in [-0.05, 0) is 19.1 Å². The fourth-order valence-electron chi connectivity index (χ4n) is 1.90. The Morgan fingerprint density at radius 1 is 1.43 bits per heavy atom. The number of para-hydroxylation sites is 1. The number of anilines is 1. The molecule has 6 nitrogen and oxygen atoms in total. The van der Waals surface area contributed by atoms with E-state index in [9.17, 15) is 9.18 Å². The number of rotatable bonds is 6. The molecule has 0 saturated heterocycles. The van der Waals surface area contributed by atoms with Crippen LogP contribution in [0.25, 0.3) is 0 Å². The maximum absolute atomic E-state index is 13.7. The summed E-state index contributed by atoms with van der Waals surface area (Å²) in [7, 11) is 0. The lowest BCUT2D eigenvalue weighted by molar-refractivity contribution is 0.0954. The number of amides is 1. The third kappa shape index (κ3) is 3.77. The largest absolute Gasteiger partial charge is 0.382 e. The molecule has 0 aliphatic carbocycles. The topological polar surface area (TPSA) is 80.0 Å². The predicted molar refractivity (Wildman–Crippen MR) is 75.6 cm³/mol. The average Bonchev–Trinajstić information content (AvgIpc) is 2.87. The van der Waals surface area contributed by atoms with Crippen molar-refractivity contribution in [3.63, 3.8) is 0 Å². The standard InChI is InChI=1S/C14H17FN4O2/c1-3-16-13-10(5-4-6-11(13)15)14(20)17-8-7-12-18-9(2)21-19-12/h4-6,16H,3,7-8H2,1-2H3,(H,17,20). The summed E-state index contributed by atoms with van der Waals surface area (Å²) in [5.41, 5.74) is 0.494. The van der Waals surface area contributed by atoms with E-state index in [2.05, 4.69) is 20.8 Å². The Hall–Kier alpha value is -2.44. The molecular weight excluding hydrogens is 275 g/mol. The van der Waals surface area contributed by atoms with Crippen LogP contribution in [-0.2, 0) is 6.42 Å². The zero-order chi connectivity index (χ0) is 15.2. The molecule has 1 heterocycles. The van der Waals surface area contributed by atoms with Gasteiger partial charge >= 0.3 is 0 Å². The predicted octanol–water partition coefficient (Wildman–Crippen LogP) is 1.92. The first kappa shape index (κ1) is 15.0. The zero-order valence-corrected chi connectivity index (χ0v) is 11.9. The van der Waals surface area contributed by atoms with E-state index < -0.39 is 5.82 Å². The van der Waals surface area contributed by atoms with Crippen LogP contribution in [0.15, 0.2) is 22.7 Å². The van der Waals surface area contributed by atoms with Gasteiger partial charge in [0.05, 0.1) is 11.3 Å². The van der Waals surface area contributed by atoms with Gasteiger partial charge in [0.25, 0.3) is 5.91 Å². The Bertz CT molecular complexity index is 627. The van der Waals surface area contributed by atoms with Gasteiger partial charge in [0.15, 0.2) is 5.82 Å². The van der Waals surface area contributed by atoms with Crippen LogP contribution in [0.1, 0.15) is 29.0 Å². The lowest BCUT2D eigenvalue weighted by Gasteiger charge is -2.11. The molecule has 1 aromatic carbocycles. The van der Waals surface area contributed by atoms with E-state index in [1.165, 1.54) is 12.1 Å². The number of nitrogens with one attached hydrogen (secondary N) is 2. The summed E-state index contributed by atoms with van der Waals surface area (Å²) >= 11 is 0. The van der Waals surface area contributed by atoms with Gasteiger partial charge in [-0.15, -0.1) is 0 Å². The lowest BCUT2D eigenvalue weighted by Crippen LogP contribution is -2.27. The van der Waals surface area contributed by atoms with Gasteiger partial charge in [-0.3, -0.25) is 4.79 Å². The highest BCUT2D eigenvalue weighted by Gasteiger charge is 2.14. The normalized spacial score (nSPS) is 10.4. The van der Waals surface area contributed by atoms with E-state index >= 15 is 0 Å². The van der Waals surface area contributed by atoms with E-state index in [-0.39, 0.29) is 17.2 Å². The quantitative estimate of drug-likeness (QED) is 0.850. The van der Waals surface area contributed by atoms with E-state index in [1.807, 2.05) is 6.92 Å². The summed E-state index contributed by atoms with van der Waals surface area (Å²) in [6, 6.07) is 4.40. The van der Waals surface area contributed by atoms with Crippen LogP contribution in [-0.4, -0.2) is 29.1 Å². The minimum atomic E-state index is -0.446. The molecule has 0 saturated carbocycles. The number of halogens is 1. The average molecular weight is 292 g/mol. The summed E-state index contributed by atoms with van der Waals surface area (Å²) in [5, 5.41) is 9.31. The van der Waals surface area contributed by atoms with Crippen molar-refractivity contribution in [3.8, 4) is 0 Å². The minimum Gasteiger partial charge on any atom is -0.382 e. The molecule has 112 valence electrons. The van der Waals surface area contributed by atoms with Gasteiger partial charge in [-0.1, -0.05) is 11.2 Å². The van der Waals surface area contributed by atoms with Crippen molar-refractivity contribution in [2.45, 2.75) is 20.3 Å². The SMILES string of the molecule is CCNc1c(F)cccc1C(=O)NCCc1noc(C)n1. The van der Waals surface area contributed by atoms with Crippen molar-refractivity contribution in [1.29, 1.82) is 0 Å². The van der Waals surface area contributed by atoms with E-state index in [0.717, 1.165) is 0 Å². The molecule has 0 radical (unpaired) electrons. The molecule has 21 heavy (non-hydrogen) atoms. The van der Waals surface area contributed by atoms with Gasteiger partial charge < -0.3 is 15.2 Å². The Labute approximate surface area is 121 Å². The summed E-state index contributed by atoms with van der Waals surface area (Å²) < 4.78 is 18.6. The van der Waals surface area contributed by atoms with E-state index in [1.54, 1.807) is 13.0 Å². The van der Waals surface area contributed by atoms with Crippen molar-refractivity contribution in [2.24, 2.45) is 0 Å². The monoisotopic (exact) mass is 292 g/mol. The maximum Gasteiger partial charge on any atom is 0.253 e. The van der Waals surface area contributed by atoms with Gasteiger partial charge in [-0.25, -0.2) is 4.39 Å². The highest BCUT2D eigenvalue weighted by molar-refractivity contribution is 5.99. The molecule has 2 rings (SSSR count). The number of hydrogen-bond acceptors (Lipinski definition) is 5. The summed E-state index contributed by atoms with van der Waals surface area (Å²) in [5.74, 6) is 0.221. The fourth-order valence-corrected chi connectivity index (χ4v) is 1.90. The summed E-state index contributed by atoms with van der Waals surface area (Å²) in [6.45, 7) is 4.42. The first-order chi connectivity index (χ1) is 10.1. The molecule has 0 unspecified atom stereocenters. The summed E-state index contributed by atoms with van der Waals surface area (Å²) in [4.78, 5) is 16.1. The lowest BCUT2D eigenvalue weighted by atomic mass is 10.1. The molecule has 2 aromatic rings. The number of aryl methyl sites for hydroxylation is 1. The van der Waals surface area contributed by atoms with Crippen LogP contribution in [0.4, 0.5) is 10.1 Å². The van der Waals surface area contributed by atoms with Gasteiger partial charge in [0.1, 0.15) is 5.82 Å². The van der Waals surface area contributed by atoms with Crippen LogP contribution in [0.5, 0.6) is 0 Å². The molecule has 0 atom stereocenters. The molecular formula is C14H17FN4O2. The van der Waals surface area contributed by atoms with Crippen LogP contribution < -0.4 is 10.6 Å². The highest BCUT2D eigenvalue weighted by Crippen LogP contribution is 2.19. The highest BCUT2D eigenvalue weighted by atomic mass is 19.1. The van der Waals surface area contributed by atoms with Crippen molar-refractivity contribution >= 4 is 11.6 Å².